The van der Waals surface area contributed by atoms with Gasteiger partial charge in [0.25, 0.3) is 0 Å². The SMILES string of the molecule is N=Cc1cc(F)cc(F)c1. The molecule has 3 heteroatoms. The summed E-state index contributed by atoms with van der Waals surface area (Å²) in [7, 11) is 0. The van der Waals surface area contributed by atoms with Gasteiger partial charge in [0.1, 0.15) is 11.6 Å². The molecule has 0 radical (unpaired) electrons. The smallest absolute Gasteiger partial charge is 0.126 e. The maximum absolute atomic E-state index is 12.3. The molecule has 1 nitrogen and oxygen atoms in total. The molecule has 0 saturated carbocycles. The summed E-state index contributed by atoms with van der Waals surface area (Å²) < 4.78 is 24.5. The molecule has 0 saturated heterocycles. The maximum atomic E-state index is 12.3. The maximum Gasteiger partial charge on any atom is 0.126 e. The van der Waals surface area contributed by atoms with Gasteiger partial charge in [-0.2, -0.15) is 0 Å². The molecule has 0 spiro atoms. The standard InChI is InChI=1S/C7H5F2N/c8-6-1-5(4-10)2-7(9)3-6/h1-4,10H. The Kier molecular flexibility index (Phi) is 1.76. The molecular weight excluding hydrogens is 136 g/mol. The lowest BCUT2D eigenvalue weighted by Gasteiger charge is -1.91. The van der Waals surface area contributed by atoms with Crippen LogP contribution < -0.4 is 0 Å². The van der Waals surface area contributed by atoms with Gasteiger partial charge in [0.05, 0.1) is 0 Å². The molecule has 1 aromatic rings. The number of halogens is 2. The van der Waals surface area contributed by atoms with Crippen LogP contribution in [0.1, 0.15) is 5.56 Å². The van der Waals surface area contributed by atoms with Gasteiger partial charge in [0, 0.05) is 12.3 Å². The third kappa shape index (κ3) is 1.37. The molecule has 0 fully saturated rings. The van der Waals surface area contributed by atoms with Crippen molar-refractivity contribution >= 4 is 6.21 Å². The van der Waals surface area contributed by atoms with Crippen molar-refractivity contribution in [1.29, 1.82) is 5.41 Å². The van der Waals surface area contributed by atoms with Gasteiger partial charge >= 0.3 is 0 Å². The van der Waals surface area contributed by atoms with E-state index in [4.69, 9.17) is 5.41 Å². The van der Waals surface area contributed by atoms with Crippen LogP contribution in [-0.4, -0.2) is 6.21 Å². The third-order valence-electron chi connectivity index (χ3n) is 1.05. The average molecular weight is 141 g/mol. The van der Waals surface area contributed by atoms with E-state index in [9.17, 15) is 8.78 Å². The van der Waals surface area contributed by atoms with E-state index < -0.39 is 11.6 Å². The van der Waals surface area contributed by atoms with Gasteiger partial charge in [-0.3, -0.25) is 0 Å². The van der Waals surface area contributed by atoms with Crippen LogP contribution >= 0.6 is 0 Å². The molecule has 0 atom stereocenters. The summed E-state index contributed by atoms with van der Waals surface area (Å²) in [5, 5.41) is 6.68. The van der Waals surface area contributed by atoms with Crippen LogP contribution in [0.25, 0.3) is 0 Å². The van der Waals surface area contributed by atoms with Gasteiger partial charge in [0.2, 0.25) is 0 Å². The second kappa shape index (κ2) is 2.56. The second-order valence-corrected chi connectivity index (χ2v) is 1.85. The van der Waals surface area contributed by atoms with Crippen molar-refractivity contribution in [1.82, 2.24) is 0 Å². The number of hydrogen-bond donors (Lipinski definition) is 1. The van der Waals surface area contributed by atoms with Gasteiger partial charge in [-0.15, -0.1) is 0 Å². The van der Waals surface area contributed by atoms with E-state index in [1.54, 1.807) is 0 Å². The highest BCUT2D eigenvalue weighted by Gasteiger charge is 1.96. The molecule has 52 valence electrons. The van der Waals surface area contributed by atoms with E-state index in [2.05, 4.69) is 0 Å². The number of hydrogen-bond acceptors (Lipinski definition) is 1. The van der Waals surface area contributed by atoms with E-state index in [0.717, 1.165) is 24.4 Å². The normalized spacial score (nSPS) is 9.40. The predicted octanol–water partition coefficient (Wildman–Crippen LogP) is 1.96. The molecule has 0 aliphatic rings. The molecule has 10 heavy (non-hydrogen) atoms. The van der Waals surface area contributed by atoms with Crippen LogP contribution in [0, 0.1) is 17.0 Å². The lowest BCUT2D eigenvalue weighted by molar-refractivity contribution is 0.583. The monoisotopic (exact) mass is 141 g/mol. The largest absolute Gasteiger partial charge is 0.308 e. The predicted molar refractivity (Wildman–Crippen MR) is 34.2 cm³/mol. The summed E-state index contributed by atoms with van der Waals surface area (Å²) in [6.45, 7) is 0. The lowest BCUT2D eigenvalue weighted by Crippen LogP contribution is -1.84. The van der Waals surface area contributed by atoms with E-state index in [0.29, 0.717) is 0 Å². The minimum atomic E-state index is -0.654. The highest BCUT2D eigenvalue weighted by molar-refractivity contribution is 5.76. The van der Waals surface area contributed by atoms with Gasteiger partial charge < -0.3 is 5.41 Å². The van der Waals surface area contributed by atoms with Gasteiger partial charge in [-0.25, -0.2) is 8.78 Å². The Bertz CT molecular complexity index is 238. The Labute approximate surface area is 56.8 Å². The Hall–Kier alpha value is -1.25. The molecule has 1 aromatic carbocycles. The Balaban J connectivity index is 3.18. The fraction of sp³-hybridized carbons (Fsp3) is 0. The fourth-order valence-corrected chi connectivity index (χ4v) is 0.658. The summed E-state index contributed by atoms with van der Waals surface area (Å²) in [5.74, 6) is -1.31. The molecule has 0 aromatic heterocycles. The minimum absolute atomic E-state index is 0.234. The van der Waals surface area contributed by atoms with Crippen LogP contribution in [0.15, 0.2) is 18.2 Å². The topological polar surface area (TPSA) is 23.9 Å². The zero-order valence-electron chi connectivity index (χ0n) is 5.07. The zero-order valence-corrected chi connectivity index (χ0v) is 5.07. The summed E-state index contributed by atoms with van der Waals surface area (Å²) in [6.07, 6.45) is 0.895. The average Bonchev–Trinajstić information content (AvgIpc) is 1.85. The molecule has 0 aliphatic heterocycles. The van der Waals surface area contributed by atoms with E-state index >= 15 is 0 Å². The summed E-state index contributed by atoms with van der Waals surface area (Å²) in [5.41, 5.74) is 0.234. The fourth-order valence-electron chi connectivity index (χ4n) is 0.658. The van der Waals surface area contributed by atoms with Gasteiger partial charge in [0.15, 0.2) is 0 Å². The summed E-state index contributed by atoms with van der Waals surface area (Å²) in [6, 6.07) is 2.96. The van der Waals surface area contributed by atoms with Crippen molar-refractivity contribution in [2.24, 2.45) is 0 Å². The van der Waals surface area contributed by atoms with E-state index in [-0.39, 0.29) is 5.56 Å². The van der Waals surface area contributed by atoms with Crippen LogP contribution in [0.5, 0.6) is 0 Å². The van der Waals surface area contributed by atoms with Crippen molar-refractivity contribution in [3.8, 4) is 0 Å². The number of rotatable bonds is 1. The van der Waals surface area contributed by atoms with Crippen LogP contribution in [-0.2, 0) is 0 Å². The first-order valence-electron chi connectivity index (χ1n) is 2.69. The first kappa shape index (κ1) is 6.86. The molecule has 0 unspecified atom stereocenters. The van der Waals surface area contributed by atoms with E-state index in [1.165, 1.54) is 0 Å². The van der Waals surface area contributed by atoms with Gasteiger partial charge in [-0.1, -0.05) is 0 Å². The van der Waals surface area contributed by atoms with Crippen molar-refractivity contribution < 1.29 is 8.78 Å². The number of nitrogens with one attached hydrogen (secondary N) is 1. The summed E-state index contributed by atoms with van der Waals surface area (Å²) in [4.78, 5) is 0. The highest BCUT2D eigenvalue weighted by atomic mass is 19.1. The molecule has 1 N–H and O–H groups in total. The quantitative estimate of drug-likeness (QED) is 0.578. The van der Waals surface area contributed by atoms with E-state index in [1.807, 2.05) is 0 Å². The first-order valence-corrected chi connectivity index (χ1v) is 2.69. The number of benzene rings is 1. The van der Waals surface area contributed by atoms with Crippen molar-refractivity contribution in [2.75, 3.05) is 0 Å². The molecule has 1 rings (SSSR count). The van der Waals surface area contributed by atoms with Crippen LogP contribution in [0.2, 0.25) is 0 Å². The molecular formula is C7H5F2N. The van der Waals surface area contributed by atoms with Gasteiger partial charge in [-0.05, 0) is 17.7 Å². The second-order valence-electron chi connectivity index (χ2n) is 1.85. The van der Waals surface area contributed by atoms with Crippen LogP contribution in [0.3, 0.4) is 0 Å². The lowest BCUT2D eigenvalue weighted by atomic mass is 10.2. The highest BCUT2D eigenvalue weighted by Crippen LogP contribution is 2.04. The Morgan fingerprint density at radius 2 is 1.60 bits per heavy atom. The molecule has 0 heterocycles. The Morgan fingerprint density at radius 3 is 2.00 bits per heavy atom. The molecule has 0 amide bonds. The Morgan fingerprint density at radius 1 is 1.10 bits per heavy atom. The first-order chi connectivity index (χ1) is 4.72. The minimum Gasteiger partial charge on any atom is -0.308 e. The third-order valence-corrected chi connectivity index (χ3v) is 1.05. The van der Waals surface area contributed by atoms with Crippen molar-refractivity contribution in [3.63, 3.8) is 0 Å². The van der Waals surface area contributed by atoms with Crippen molar-refractivity contribution in [3.05, 3.63) is 35.4 Å². The molecule has 0 bridgehead atoms. The van der Waals surface area contributed by atoms with Crippen LogP contribution in [0.4, 0.5) is 8.78 Å². The summed E-state index contributed by atoms with van der Waals surface area (Å²) >= 11 is 0. The zero-order chi connectivity index (χ0) is 7.56. The molecule has 0 aliphatic carbocycles. The van der Waals surface area contributed by atoms with Crippen molar-refractivity contribution in [2.45, 2.75) is 0 Å².